The summed E-state index contributed by atoms with van der Waals surface area (Å²) < 4.78 is 4.90. The number of carbonyl (C=O) groups excluding carboxylic acids is 1. The molecule has 2 aliphatic heterocycles. The van der Waals surface area contributed by atoms with Crippen molar-refractivity contribution in [3.8, 4) is 0 Å². The highest BCUT2D eigenvalue weighted by Crippen LogP contribution is 2.41. The average Bonchev–Trinajstić information content (AvgIpc) is 3.39. The van der Waals surface area contributed by atoms with Crippen molar-refractivity contribution in [3.05, 3.63) is 35.9 Å². The molecule has 2 saturated heterocycles. The molecule has 2 heterocycles. The summed E-state index contributed by atoms with van der Waals surface area (Å²) in [5.41, 5.74) is 1.46. The number of rotatable bonds is 6. The summed E-state index contributed by atoms with van der Waals surface area (Å²) in [6.45, 7) is 3.94. The molecular weight excluding hydrogens is 314 g/mol. The number of likely N-dealkylation sites (tertiary alicyclic amines) is 1. The second-order valence-corrected chi connectivity index (χ2v) is 7.87. The highest BCUT2D eigenvalue weighted by molar-refractivity contribution is 5.71. The van der Waals surface area contributed by atoms with Crippen LogP contribution in [0.3, 0.4) is 0 Å². The summed E-state index contributed by atoms with van der Waals surface area (Å²) >= 11 is 0. The largest absolute Gasteiger partial charge is 0.469 e. The maximum Gasteiger partial charge on any atom is 0.307 e. The summed E-state index contributed by atoms with van der Waals surface area (Å²) in [6.07, 6.45) is 4.11. The monoisotopic (exact) mass is 343 g/mol. The molecule has 1 aromatic carbocycles. The molecule has 0 radical (unpaired) electrons. The van der Waals surface area contributed by atoms with Crippen LogP contribution < -0.4 is 10.6 Å². The van der Waals surface area contributed by atoms with Crippen LogP contribution in [0.2, 0.25) is 0 Å². The predicted molar refractivity (Wildman–Crippen MR) is 97.6 cm³/mol. The van der Waals surface area contributed by atoms with Crippen LogP contribution in [0.4, 0.5) is 0 Å². The van der Waals surface area contributed by atoms with Crippen LogP contribution in [0.25, 0.3) is 0 Å². The molecule has 5 heteroatoms. The zero-order chi connectivity index (χ0) is 17.3. The minimum absolute atomic E-state index is 0.00970. The fourth-order valence-electron chi connectivity index (χ4n) is 4.49. The van der Waals surface area contributed by atoms with Crippen molar-refractivity contribution < 1.29 is 9.53 Å². The fraction of sp³-hybridized carbons (Fsp3) is 0.650. The van der Waals surface area contributed by atoms with E-state index in [0.717, 1.165) is 26.2 Å². The lowest BCUT2D eigenvalue weighted by Gasteiger charge is -2.52. The van der Waals surface area contributed by atoms with Gasteiger partial charge in [0.25, 0.3) is 0 Å². The van der Waals surface area contributed by atoms with Gasteiger partial charge in [0.2, 0.25) is 0 Å². The number of ether oxygens (including phenoxy) is 1. The number of nitrogens with one attached hydrogen (secondary N) is 2. The smallest absolute Gasteiger partial charge is 0.307 e. The molecule has 136 valence electrons. The maximum atomic E-state index is 11.8. The molecule has 2 N–H and O–H groups in total. The van der Waals surface area contributed by atoms with E-state index in [4.69, 9.17) is 4.74 Å². The molecule has 3 fully saturated rings. The molecule has 2 atom stereocenters. The Morgan fingerprint density at radius 2 is 2.00 bits per heavy atom. The van der Waals surface area contributed by atoms with Gasteiger partial charge in [-0.15, -0.1) is 0 Å². The number of methoxy groups -OCH3 is 1. The van der Waals surface area contributed by atoms with E-state index in [2.05, 4.69) is 45.9 Å². The first kappa shape index (κ1) is 17.0. The quantitative estimate of drug-likeness (QED) is 0.767. The molecule has 1 saturated carbocycles. The Hall–Kier alpha value is -1.43. The van der Waals surface area contributed by atoms with E-state index in [1.54, 1.807) is 0 Å². The third kappa shape index (κ3) is 3.59. The highest BCUT2D eigenvalue weighted by Gasteiger charge is 2.46. The Balaban J connectivity index is 1.26. The molecule has 0 spiro atoms. The molecule has 0 amide bonds. The first-order valence-corrected chi connectivity index (χ1v) is 9.54. The van der Waals surface area contributed by atoms with E-state index >= 15 is 0 Å². The number of piperidine rings is 1. The Bertz CT molecular complexity index is 594. The van der Waals surface area contributed by atoms with E-state index in [9.17, 15) is 4.79 Å². The molecule has 4 rings (SSSR count). The zero-order valence-electron chi connectivity index (χ0n) is 15.0. The number of benzene rings is 1. The second-order valence-electron chi connectivity index (χ2n) is 7.87. The van der Waals surface area contributed by atoms with Crippen molar-refractivity contribution in [2.75, 3.05) is 33.3 Å². The maximum absolute atomic E-state index is 11.8. The highest BCUT2D eigenvalue weighted by atomic mass is 16.5. The molecular formula is C20H29N3O2. The number of hydrogen-bond acceptors (Lipinski definition) is 5. The third-order valence-corrected chi connectivity index (χ3v) is 6.24. The molecule has 1 aliphatic carbocycles. The van der Waals surface area contributed by atoms with Crippen LogP contribution in [0.1, 0.15) is 37.2 Å². The van der Waals surface area contributed by atoms with E-state index in [1.165, 1.54) is 31.9 Å². The Morgan fingerprint density at radius 1 is 1.28 bits per heavy atom. The number of esters is 1. The average molecular weight is 343 g/mol. The molecule has 5 nitrogen and oxygen atoms in total. The van der Waals surface area contributed by atoms with Crippen molar-refractivity contribution in [3.63, 3.8) is 0 Å². The zero-order valence-corrected chi connectivity index (χ0v) is 15.0. The van der Waals surface area contributed by atoms with Crippen molar-refractivity contribution in [1.29, 1.82) is 0 Å². The molecule has 1 aromatic rings. The van der Waals surface area contributed by atoms with Crippen molar-refractivity contribution in [2.45, 2.75) is 49.2 Å². The number of carbonyl (C=O) groups is 1. The van der Waals surface area contributed by atoms with E-state index in [-0.39, 0.29) is 11.5 Å². The Labute approximate surface area is 150 Å². The van der Waals surface area contributed by atoms with Crippen LogP contribution in [-0.4, -0.2) is 61.8 Å². The summed E-state index contributed by atoms with van der Waals surface area (Å²) in [6, 6.07) is 12.1. The van der Waals surface area contributed by atoms with Gasteiger partial charge in [-0.25, -0.2) is 0 Å². The first-order chi connectivity index (χ1) is 12.2. The van der Waals surface area contributed by atoms with Crippen LogP contribution >= 0.6 is 0 Å². The minimum atomic E-state index is -0.0922. The van der Waals surface area contributed by atoms with Crippen LogP contribution in [0.5, 0.6) is 0 Å². The summed E-state index contributed by atoms with van der Waals surface area (Å²) in [4.78, 5) is 14.3. The van der Waals surface area contributed by atoms with E-state index in [1.807, 2.05) is 0 Å². The molecule has 0 aromatic heterocycles. The van der Waals surface area contributed by atoms with Gasteiger partial charge in [-0.1, -0.05) is 30.3 Å². The van der Waals surface area contributed by atoms with Crippen molar-refractivity contribution >= 4 is 5.97 Å². The predicted octanol–water partition coefficient (Wildman–Crippen LogP) is 1.50. The number of hydrogen-bond donors (Lipinski definition) is 2. The Kier molecular flexibility index (Phi) is 4.80. The van der Waals surface area contributed by atoms with Crippen LogP contribution in [0.15, 0.2) is 30.3 Å². The van der Waals surface area contributed by atoms with Gasteiger partial charge in [-0.05, 0) is 24.8 Å². The van der Waals surface area contributed by atoms with E-state index < -0.39 is 0 Å². The van der Waals surface area contributed by atoms with E-state index in [0.29, 0.717) is 24.4 Å². The standard InChI is InChI=1S/C20H29N3O2/c1-25-19(24)12-20(13-21-14-20)23-9-7-16(8-10-23)22-18-11-17(18)15-5-3-2-4-6-15/h2-6,16-18,21-22H,7-14H2,1H3/t17-,18+/m0/s1. The van der Waals surface area contributed by atoms with Crippen LogP contribution in [0, 0.1) is 0 Å². The van der Waals surface area contributed by atoms with Gasteiger partial charge in [0.15, 0.2) is 0 Å². The Morgan fingerprint density at radius 3 is 2.60 bits per heavy atom. The second kappa shape index (κ2) is 7.06. The van der Waals surface area contributed by atoms with Gasteiger partial charge < -0.3 is 15.4 Å². The van der Waals surface area contributed by atoms with Gasteiger partial charge in [-0.3, -0.25) is 9.69 Å². The summed E-state index contributed by atoms with van der Waals surface area (Å²) in [7, 11) is 1.48. The van der Waals surface area contributed by atoms with Crippen molar-refractivity contribution in [1.82, 2.24) is 15.5 Å². The molecule has 0 bridgehead atoms. The molecule has 0 unspecified atom stereocenters. The van der Waals surface area contributed by atoms with Crippen LogP contribution in [-0.2, 0) is 9.53 Å². The minimum Gasteiger partial charge on any atom is -0.469 e. The molecule has 3 aliphatic rings. The molecule has 25 heavy (non-hydrogen) atoms. The lowest BCUT2D eigenvalue weighted by Crippen LogP contribution is -2.71. The first-order valence-electron chi connectivity index (χ1n) is 9.54. The van der Waals surface area contributed by atoms with Gasteiger partial charge in [0.05, 0.1) is 19.1 Å². The topological polar surface area (TPSA) is 53.6 Å². The van der Waals surface area contributed by atoms with Gasteiger partial charge in [0.1, 0.15) is 0 Å². The number of nitrogens with zero attached hydrogens (tertiary/aromatic N) is 1. The van der Waals surface area contributed by atoms with Crippen molar-refractivity contribution in [2.24, 2.45) is 0 Å². The fourth-order valence-corrected chi connectivity index (χ4v) is 4.49. The lowest BCUT2D eigenvalue weighted by atomic mass is 9.84. The normalized spacial score (nSPS) is 29.0. The van der Waals surface area contributed by atoms with Gasteiger partial charge in [-0.2, -0.15) is 0 Å². The van der Waals surface area contributed by atoms with Gasteiger partial charge in [0, 0.05) is 44.2 Å². The third-order valence-electron chi connectivity index (χ3n) is 6.24. The SMILES string of the molecule is COC(=O)CC1(N2CCC(N[C@@H]3C[C@H]3c3ccccc3)CC2)CNC1. The summed E-state index contributed by atoms with van der Waals surface area (Å²) in [5.74, 6) is 0.603. The lowest BCUT2D eigenvalue weighted by molar-refractivity contribution is -0.145. The van der Waals surface area contributed by atoms with Gasteiger partial charge >= 0.3 is 5.97 Å². The summed E-state index contributed by atoms with van der Waals surface area (Å²) in [5, 5.41) is 7.21.